The maximum Gasteiger partial charge on any atom is 0.228 e. The van der Waals surface area contributed by atoms with Gasteiger partial charge in [0.15, 0.2) is 0 Å². The molecule has 2 amide bonds. The van der Waals surface area contributed by atoms with Gasteiger partial charge < -0.3 is 14.7 Å². The lowest BCUT2D eigenvalue weighted by Crippen LogP contribution is -2.38. The summed E-state index contributed by atoms with van der Waals surface area (Å²) in [6.07, 6.45) is 4.71. The Balaban J connectivity index is 1.64. The van der Waals surface area contributed by atoms with E-state index < -0.39 is 0 Å². The molecule has 2 aliphatic rings. The number of hydrogen-bond acceptors (Lipinski definition) is 3. The first-order chi connectivity index (χ1) is 13.5. The zero-order valence-electron chi connectivity index (χ0n) is 17.7. The van der Waals surface area contributed by atoms with E-state index in [2.05, 4.69) is 37.8 Å². The number of anilines is 2. The van der Waals surface area contributed by atoms with Gasteiger partial charge in [-0.05, 0) is 55.9 Å². The first kappa shape index (κ1) is 20.7. The van der Waals surface area contributed by atoms with Gasteiger partial charge in [-0.15, -0.1) is 0 Å². The minimum atomic E-state index is -0.214. The second-order valence-electron chi connectivity index (χ2n) is 8.42. The standard InChI is InChI=1S/C23H35N3O2/c1-4-12-25(13-5-2)23(28)19-16-22(27)26(17-19)21-8-6-20(7-9-21)24-14-10-18(3)11-15-24/h6-9,18-19H,4-5,10-17H2,1-3H3. The third-order valence-corrected chi connectivity index (χ3v) is 6.08. The number of carbonyl (C=O) groups is 2. The molecule has 154 valence electrons. The summed E-state index contributed by atoms with van der Waals surface area (Å²) in [5, 5.41) is 0. The van der Waals surface area contributed by atoms with E-state index in [1.807, 2.05) is 17.0 Å². The fourth-order valence-corrected chi connectivity index (χ4v) is 4.36. The van der Waals surface area contributed by atoms with Crippen LogP contribution in [-0.2, 0) is 9.59 Å². The monoisotopic (exact) mass is 385 g/mol. The topological polar surface area (TPSA) is 43.9 Å². The van der Waals surface area contributed by atoms with E-state index in [4.69, 9.17) is 0 Å². The summed E-state index contributed by atoms with van der Waals surface area (Å²) < 4.78 is 0. The molecule has 1 unspecified atom stereocenters. The minimum absolute atomic E-state index is 0.0610. The van der Waals surface area contributed by atoms with Crippen molar-refractivity contribution in [2.45, 2.75) is 52.9 Å². The van der Waals surface area contributed by atoms with Gasteiger partial charge in [0.05, 0.1) is 5.92 Å². The Morgan fingerprint density at radius 1 is 1.04 bits per heavy atom. The quantitative estimate of drug-likeness (QED) is 0.714. The molecule has 0 saturated carbocycles. The van der Waals surface area contributed by atoms with E-state index in [1.165, 1.54) is 18.5 Å². The van der Waals surface area contributed by atoms with Crippen molar-refractivity contribution in [3.63, 3.8) is 0 Å². The highest BCUT2D eigenvalue weighted by atomic mass is 16.2. The first-order valence-corrected chi connectivity index (χ1v) is 11.0. The van der Waals surface area contributed by atoms with Crippen LogP contribution in [0.25, 0.3) is 0 Å². The summed E-state index contributed by atoms with van der Waals surface area (Å²) in [6.45, 7) is 10.8. The van der Waals surface area contributed by atoms with Gasteiger partial charge in [-0.1, -0.05) is 20.8 Å². The zero-order valence-corrected chi connectivity index (χ0v) is 17.7. The Labute approximate surface area is 169 Å². The Hall–Kier alpha value is -2.04. The lowest BCUT2D eigenvalue weighted by atomic mass is 9.99. The van der Waals surface area contributed by atoms with Gasteiger partial charge in [-0.25, -0.2) is 0 Å². The lowest BCUT2D eigenvalue weighted by molar-refractivity contribution is -0.135. The normalized spacial score (nSPS) is 20.7. The molecular formula is C23H35N3O2. The maximum absolute atomic E-state index is 12.9. The average molecular weight is 386 g/mol. The predicted octanol–water partition coefficient (Wildman–Crippen LogP) is 3.92. The summed E-state index contributed by atoms with van der Waals surface area (Å²) >= 11 is 0. The van der Waals surface area contributed by atoms with Gasteiger partial charge in [0.25, 0.3) is 0 Å². The molecule has 0 aromatic heterocycles. The van der Waals surface area contributed by atoms with Gasteiger partial charge in [-0.2, -0.15) is 0 Å². The summed E-state index contributed by atoms with van der Waals surface area (Å²) in [7, 11) is 0. The van der Waals surface area contributed by atoms with Crippen LogP contribution in [0.5, 0.6) is 0 Å². The van der Waals surface area contributed by atoms with Crippen LogP contribution in [-0.4, -0.2) is 49.4 Å². The van der Waals surface area contributed by atoms with Crippen molar-refractivity contribution >= 4 is 23.2 Å². The fourth-order valence-electron chi connectivity index (χ4n) is 4.36. The molecule has 1 atom stereocenters. The first-order valence-electron chi connectivity index (χ1n) is 11.0. The van der Waals surface area contributed by atoms with Crippen LogP contribution in [0.4, 0.5) is 11.4 Å². The number of nitrogens with zero attached hydrogens (tertiary/aromatic N) is 3. The van der Waals surface area contributed by atoms with E-state index in [1.54, 1.807) is 4.90 Å². The number of piperidine rings is 1. The predicted molar refractivity (Wildman–Crippen MR) is 115 cm³/mol. The van der Waals surface area contributed by atoms with Gasteiger partial charge in [0.2, 0.25) is 11.8 Å². The minimum Gasteiger partial charge on any atom is -0.372 e. The van der Waals surface area contributed by atoms with E-state index in [0.717, 1.165) is 50.6 Å². The molecule has 2 aliphatic heterocycles. The maximum atomic E-state index is 12.9. The smallest absolute Gasteiger partial charge is 0.228 e. The van der Waals surface area contributed by atoms with E-state index in [9.17, 15) is 9.59 Å². The Kier molecular flexibility index (Phi) is 6.97. The van der Waals surface area contributed by atoms with Crippen LogP contribution in [0.15, 0.2) is 24.3 Å². The van der Waals surface area contributed by atoms with Crippen molar-refractivity contribution in [1.82, 2.24) is 4.90 Å². The Morgan fingerprint density at radius 2 is 1.61 bits per heavy atom. The van der Waals surface area contributed by atoms with Crippen molar-refractivity contribution in [2.24, 2.45) is 11.8 Å². The molecule has 2 saturated heterocycles. The summed E-state index contributed by atoms with van der Waals surface area (Å²) in [4.78, 5) is 31.6. The molecule has 1 aromatic carbocycles. The highest BCUT2D eigenvalue weighted by Gasteiger charge is 2.37. The van der Waals surface area contributed by atoms with Crippen LogP contribution < -0.4 is 9.80 Å². The number of rotatable bonds is 7. The van der Waals surface area contributed by atoms with Crippen LogP contribution in [0.2, 0.25) is 0 Å². The highest BCUT2D eigenvalue weighted by molar-refractivity contribution is 6.00. The van der Waals surface area contributed by atoms with E-state index in [-0.39, 0.29) is 17.7 Å². The molecular weight excluding hydrogens is 350 g/mol. The molecule has 0 aliphatic carbocycles. The van der Waals surface area contributed by atoms with Crippen LogP contribution >= 0.6 is 0 Å². The van der Waals surface area contributed by atoms with Crippen molar-refractivity contribution in [3.8, 4) is 0 Å². The van der Waals surface area contributed by atoms with Crippen molar-refractivity contribution in [3.05, 3.63) is 24.3 Å². The zero-order chi connectivity index (χ0) is 20.1. The van der Waals surface area contributed by atoms with Gasteiger partial charge in [0.1, 0.15) is 0 Å². The van der Waals surface area contributed by atoms with Crippen LogP contribution in [0.3, 0.4) is 0 Å². The highest BCUT2D eigenvalue weighted by Crippen LogP contribution is 2.29. The molecule has 28 heavy (non-hydrogen) atoms. The van der Waals surface area contributed by atoms with Gasteiger partial charge in [0, 0.05) is 50.5 Å². The molecule has 0 N–H and O–H groups in total. The second-order valence-corrected chi connectivity index (χ2v) is 8.42. The van der Waals surface area contributed by atoms with E-state index in [0.29, 0.717) is 13.0 Å². The molecule has 2 fully saturated rings. The third kappa shape index (κ3) is 4.68. The fraction of sp³-hybridized carbons (Fsp3) is 0.652. The largest absolute Gasteiger partial charge is 0.372 e. The average Bonchev–Trinajstić information content (AvgIpc) is 3.10. The lowest BCUT2D eigenvalue weighted by Gasteiger charge is -2.32. The Bertz CT molecular complexity index is 659. The summed E-state index contributed by atoms with van der Waals surface area (Å²) in [5.74, 6) is 0.797. The van der Waals surface area contributed by atoms with Crippen molar-refractivity contribution in [1.29, 1.82) is 0 Å². The van der Waals surface area contributed by atoms with Crippen LogP contribution in [0, 0.1) is 11.8 Å². The number of amides is 2. The molecule has 5 heteroatoms. The van der Waals surface area contributed by atoms with Crippen molar-refractivity contribution < 1.29 is 9.59 Å². The summed E-state index contributed by atoms with van der Waals surface area (Å²) in [5.41, 5.74) is 2.14. The molecule has 5 nitrogen and oxygen atoms in total. The molecule has 0 radical (unpaired) electrons. The van der Waals surface area contributed by atoms with Crippen LogP contribution in [0.1, 0.15) is 52.9 Å². The SMILES string of the molecule is CCCN(CCC)C(=O)C1CC(=O)N(c2ccc(N3CCC(C)CC3)cc2)C1. The molecule has 0 spiro atoms. The number of benzene rings is 1. The molecule has 0 bridgehead atoms. The number of hydrogen-bond donors (Lipinski definition) is 0. The Morgan fingerprint density at radius 3 is 2.18 bits per heavy atom. The van der Waals surface area contributed by atoms with E-state index >= 15 is 0 Å². The van der Waals surface area contributed by atoms with Crippen molar-refractivity contribution in [2.75, 3.05) is 42.5 Å². The number of carbonyl (C=O) groups excluding carboxylic acids is 2. The molecule has 3 rings (SSSR count). The molecule has 1 aromatic rings. The van der Waals surface area contributed by atoms with Gasteiger partial charge >= 0.3 is 0 Å². The molecule has 2 heterocycles. The van der Waals surface area contributed by atoms with Gasteiger partial charge in [-0.3, -0.25) is 9.59 Å². The second kappa shape index (κ2) is 9.44. The third-order valence-electron chi connectivity index (χ3n) is 6.08. The summed E-state index contributed by atoms with van der Waals surface area (Å²) in [6, 6.07) is 8.31.